The summed E-state index contributed by atoms with van der Waals surface area (Å²) in [6, 6.07) is -0.670. The van der Waals surface area contributed by atoms with E-state index >= 15 is 0 Å². The van der Waals surface area contributed by atoms with Crippen LogP contribution < -0.4 is 5.32 Å². The second kappa shape index (κ2) is 6.43. The minimum absolute atomic E-state index is 0. The third-order valence-corrected chi connectivity index (χ3v) is 4.27. The number of nitrogens with zero attached hydrogens (tertiary/aromatic N) is 1. The summed E-state index contributed by atoms with van der Waals surface area (Å²) < 4.78 is 77.5. The van der Waals surface area contributed by atoms with Gasteiger partial charge in [-0.1, -0.05) is 6.42 Å². The fourth-order valence-electron chi connectivity index (χ4n) is 2.90. The number of alkyl halides is 6. The van der Waals surface area contributed by atoms with Crippen molar-refractivity contribution in [3.63, 3.8) is 0 Å². The fraction of sp³-hybridized carbons (Fsp3) is 0.917. The van der Waals surface area contributed by atoms with Crippen LogP contribution in [0, 0.1) is 5.41 Å². The van der Waals surface area contributed by atoms with Crippen molar-refractivity contribution in [2.75, 3.05) is 19.6 Å². The molecular weight excluding hydrogens is 338 g/mol. The lowest BCUT2D eigenvalue weighted by Crippen LogP contribution is -2.54. The highest BCUT2D eigenvalue weighted by molar-refractivity contribution is 5.85. The Hall–Kier alpha value is -0.700. The first-order valence-corrected chi connectivity index (χ1v) is 6.74. The number of carbonyl (C=O) groups is 1. The molecule has 0 aromatic carbocycles. The van der Waals surface area contributed by atoms with Crippen molar-refractivity contribution in [1.82, 2.24) is 10.2 Å². The Bertz CT molecular complexity index is 391. The van der Waals surface area contributed by atoms with E-state index in [-0.39, 0.29) is 12.4 Å². The van der Waals surface area contributed by atoms with Crippen molar-refractivity contribution in [3.8, 4) is 0 Å². The highest BCUT2D eigenvalue weighted by atomic mass is 35.5. The average Bonchev–Trinajstić information content (AvgIpc) is 2.84. The lowest BCUT2D eigenvalue weighted by Gasteiger charge is -2.34. The van der Waals surface area contributed by atoms with Gasteiger partial charge in [-0.2, -0.15) is 26.3 Å². The van der Waals surface area contributed by atoms with Gasteiger partial charge in [-0.05, 0) is 25.8 Å². The van der Waals surface area contributed by atoms with E-state index in [2.05, 4.69) is 5.32 Å². The molecule has 2 aliphatic rings. The lowest BCUT2D eigenvalue weighted by atomic mass is 9.85. The van der Waals surface area contributed by atoms with Gasteiger partial charge in [0.05, 0.1) is 6.04 Å². The quantitative estimate of drug-likeness (QED) is 0.734. The monoisotopic (exact) mass is 354 g/mol. The van der Waals surface area contributed by atoms with E-state index in [4.69, 9.17) is 0 Å². The van der Waals surface area contributed by atoms with Gasteiger partial charge in [0.2, 0.25) is 5.91 Å². The minimum atomic E-state index is -5.42. The van der Waals surface area contributed by atoms with Crippen molar-refractivity contribution < 1.29 is 31.1 Å². The highest BCUT2D eigenvalue weighted by Crippen LogP contribution is 2.55. The summed E-state index contributed by atoms with van der Waals surface area (Å²) >= 11 is 0. The van der Waals surface area contributed by atoms with Crippen LogP contribution in [0.2, 0.25) is 0 Å². The lowest BCUT2D eigenvalue weighted by molar-refractivity contribution is -0.334. The zero-order valence-corrected chi connectivity index (χ0v) is 12.4. The third-order valence-electron chi connectivity index (χ3n) is 4.27. The molecule has 1 amide bonds. The van der Waals surface area contributed by atoms with E-state index in [0.29, 0.717) is 17.9 Å². The summed E-state index contributed by atoms with van der Waals surface area (Å²) in [6.45, 7) is -1.30. The molecule has 1 atom stereocenters. The van der Waals surface area contributed by atoms with Gasteiger partial charge in [-0.15, -0.1) is 12.4 Å². The van der Waals surface area contributed by atoms with Crippen molar-refractivity contribution in [2.24, 2.45) is 5.41 Å². The summed E-state index contributed by atoms with van der Waals surface area (Å²) in [4.78, 5) is 12.8. The molecule has 0 bridgehead atoms. The van der Waals surface area contributed by atoms with E-state index in [9.17, 15) is 31.1 Å². The second-order valence-electron chi connectivity index (χ2n) is 5.59. The zero-order chi connectivity index (χ0) is 15.9. The van der Waals surface area contributed by atoms with E-state index in [1.165, 1.54) is 0 Å². The SMILES string of the molecule is Cl.O=C(C1CCCCN1)N1CCC(C(F)(F)F)(C(F)(F)F)C1. The third kappa shape index (κ3) is 3.29. The number of carbonyl (C=O) groups excluding carboxylic acids is 1. The predicted octanol–water partition coefficient (Wildman–Crippen LogP) is 2.89. The summed E-state index contributed by atoms with van der Waals surface area (Å²) in [5.41, 5.74) is -3.80. The number of piperidine rings is 1. The predicted molar refractivity (Wildman–Crippen MR) is 68.6 cm³/mol. The molecule has 10 heteroatoms. The van der Waals surface area contributed by atoms with Gasteiger partial charge < -0.3 is 10.2 Å². The largest absolute Gasteiger partial charge is 0.404 e. The minimum Gasteiger partial charge on any atom is -0.340 e. The van der Waals surface area contributed by atoms with Crippen molar-refractivity contribution in [2.45, 2.75) is 44.1 Å². The van der Waals surface area contributed by atoms with Crippen LogP contribution in [0.15, 0.2) is 0 Å². The van der Waals surface area contributed by atoms with Gasteiger partial charge in [0.1, 0.15) is 0 Å². The molecular formula is C12H17ClF6N2O. The molecule has 1 N–H and O–H groups in total. The molecule has 2 fully saturated rings. The number of hydrogen-bond donors (Lipinski definition) is 1. The van der Waals surface area contributed by atoms with Crippen molar-refractivity contribution in [1.29, 1.82) is 0 Å². The molecule has 0 aliphatic carbocycles. The Kier molecular flexibility index (Phi) is 5.65. The molecule has 0 aromatic rings. The van der Waals surface area contributed by atoms with E-state index in [1.807, 2.05) is 0 Å². The molecule has 130 valence electrons. The van der Waals surface area contributed by atoms with Gasteiger partial charge >= 0.3 is 12.4 Å². The smallest absolute Gasteiger partial charge is 0.340 e. The summed E-state index contributed by atoms with van der Waals surface area (Å²) in [5, 5.41) is 2.85. The van der Waals surface area contributed by atoms with Gasteiger partial charge in [0.15, 0.2) is 5.41 Å². The van der Waals surface area contributed by atoms with Crippen LogP contribution in [0.3, 0.4) is 0 Å². The average molecular weight is 355 g/mol. The Balaban J connectivity index is 0.00000242. The molecule has 1 unspecified atom stereocenters. The number of rotatable bonds is 1. The molecule has 0 aromatic heterocycles. The zero-order valence-electron chi connectivity index (χ0n) is 11.6. The first-order valence-electron chi connectivity index (χ1n) is 6.74. The molecule has 0 radical (unpaired) electrons. The first-order chi connectivity index (χ1) is 9.58. The second-order valence-corrected chi connectivity index (χ2v) is 5.59. The number of halogens is 7. The Morgan fingerprint density at radius 1 is 1.09 bits per heavy atom. The molecule has 2 heterocycles. The summed E-state index contributed by atoms with van der Waals surface area (Å²) in [6.07, 6.45) is -9.93. The van der Waals surface area contributed by atoms with E-state index in [0.717, 1.165) is 12.8 Å². The van der Waals surface area contributed by atoms with Crippen molar-refractivity contribution >= 4 is 18.3 Å². The molecule has 3 nitrogen and oxygen atoms in total. The maximum atomic E-state index is 12.9. The van der Waals surface area contributed by atoms with Crippen LogP contribution in [-0.2, 0) is 4.79 Å². The van der Waals surface area contributed by atoms with E-state index < -0.39 is 49.2 Å². The maximum absolute atomic E-state index is 12.9. The van der Waals surface area contributed by atoms with Crippen LogP contribution >= 0.6 is 12.4 Å². The standard InChI is InChI=1S/C12H16F6N2O.ClH/c13-11(14,15)10(12(16,17)18)4-6-20(7-10)9(21)8-3-1-2-5-19-8;/h8,19H,1-7H2;1H. The first kappa shape index (κ1) is 19.3. The van der Waals surface area contributed by atoms with Crippen LogP contribution in [0.1, 0.15) is 25.7 Å². The molecule has 0 spiro atoms. The van der Waals surface area contributed by atoms with Gasteiger partial charge in [0.25, 0.3) is 0 Å². The normalized spacial score (nSPS) is 25.7. The molecule has 0 saturated carbocycles. The number of hydrogen-bond acceptors (Lipinski definition) is 2. The maximum Gasteiger partial charge on any atom is 0.404 e. The number of likely N-dealkylation sites (tertiary alicyclic amines) is 1. The summed E-state index contributed by atoms with van der Waals surface area (Å²) in [7, 11) is 0. The molecule has 2 aliphatic heterocycles. The van der Waals surface area contributed by atoms with E-state index in [1.54, 1.807) is 0 Å². The Morgan fingerprint density at radius 3 is 2.09 bits per heavy atom. The molecule has 22 heavy (non-hydrogen) atoms. The van der Waals surface area contributed by atoms with Gasteiger partial charge in [-0.25, -0.2) is 0 Å². The van der Waals surface area contributed by atoms with Crippen LogP contribution in [0.4, 0.5) is 26.3 Å². The topological polar surface area (TPSA) is 32.3 Å². The van der Waals surface area contributed by atoms with Crippen LogP contribution in [0.25, 0.3) is 0 Å². The molecule has 2 saturated heterocycles. The number of nitrogens with one attached hydrogen (secondary N) is 1. The highest BCUT2D eigenvalue weighted by Gasteiger charge is 2.73. The van der Waals surface area contributed by atoms with Gasteiger partial charge in [0, 0.05) is 13.1 Å². The van der Waals surface area contributed by atoms with Crippen LogP contribution in [-0.4, -0.2) is 48.8 Å². The Morgan fingerprint density at radius 2 is 1.68 bits per heavy atom. The molecule has 2 rings (SSSR count). The fourth-order valence-corrected chi connectivity index (χ4v) is 2.90. The van der Waals surface area contributed by atoms with Crippen molar-refractivity contribution in [3.05, 3.63) is 0 Å². The number of amides is 1. The van der Waals surface area contributed by atoms with Crippen LogP contribution in [0.5, 0.6) is 0 Å². The Labute approximate surface area is 129 Å². The summed E-state index contributed by atoms with van der Waals surface area (Å²) in [5.74, 6) is -0.662. The van der Waals surface area contributed by atoms with Gasteiger partial charge in [-0.3, -0.25) is 4.79 Å².